The van der Waals surface area contributed by atoms with Crippen LogP contribution in [-0.4, -0.2) is 0 Å². The largest absolute Gasteiger partial charge is 0.289 e. The topological polar surface area (TPSA) is 17.1 Å². The summed E-state index contributed by atoms with van der Waals surface area (Å²) in [4.78, 5) is 12.5. The van der Waals surface area contributed by atoms with Crippen LogP contribution in [-0.2, 0) is 6.42 Å². The molecule has 0 aliphatic heterocycles. The third kappa shape index (κ3) is 1.11. The molecule has 17 heavy (non-hydrogen) atoms. The monoisotopic (exact) mass is 218 g/mol. The van der Waals surface area contributed by atoms with E-state index in [1.54, 1.807) is 0 Å². The van der Waals surface area contributed by atoms with Crippen molar-refractivity contribution < 1.29 is 0 Å². The van der Waals surface area contributed by atoms with Gasteiger partial charge in [0, 0.05) is 10.8 Å². The Kier molecular flexibility index (Phi) is 1.55. The smallest absolute Gasteiger partial charge is 0.194 e. The van der Waals surface area contributed by atoms with Crippen molar-refractivity contribution in [3.63, 3.8) is 0 Å². The van der Waals surface area contributed by atoms with Gasteiger partial charge in [-0.05, 0) is 28.3 Å². The highest BCUT2D eigenvalue weighted by atomic mass is 16.1. The van der Waals surface area contributed by atoms with Crippen molar-refractivity contribution in [1.29, 1.82) is 0 Å². The molecule has 0 aromatic heterocycles. The quantitative estimate of drug-likeness (QED) is 0.442. The van der Waals surface area contributed by atoms with E-state index >= 15 is 0 Å². The molecule has 80 valence electrons. The maximum atomic E-state index is 12.5. The third-order valence-electron chi connectivity index (χ3n) is 3.59. The molecule has 4 rings (SSSR count). The van der Waals surface area contributed by atoms with Crippen LogP contribution in [0.5, 0.6) is 0 Å². The van der Waals surface area contributed by atoms with Crippen LogP contribution in [0.25, 0.3) is 21.5 Å². The first-order valence-electron chi connectivity index (χ1n) is 5.82. The highest BCUT2D eigenvalue weighted by molar-refractivity contribution is 6.01. The lowest BCUT2D eigenvalue weighted by Crippen LogP contribution is -1.98. The lowest BCUT2D eigenvalue weighted by molar-refractivity contribution is 1.60. The van der Waals surface area contributed by atoms with Crippen molar-refractivity contribution in [2.24, 2.45) is 0 Å². The summed E-state index contributed by atoms with van der Waals surface area (Å²) in [6, 6.07) is 15.9. The van der Waals surface area contributed by atoms with Gasteiger partial charge in [0.05, 0.1) is 0 Å². The van der Waals surface area contributed by atoms with Gasteiger partial charge < -0.3 is 0 Å². The van der Waals surface area contributed by atoms with Gasteiger partial charge >= 0.3 is 0 Å². The molecule has 1 aliphatic carbocycles. The molecule has 0 bridgehead atoms. The standard InChI is InChI=1S/C16H10O/c17-16-12-7-3-1-5-10(12)14-9-15(14)11-6-2-4-8-13(11)16/h1-8H,9H2. The Balaban J connectivity index is 2.44. The summed E-state index contributed by atoms with van der Waals surface area (Å²) >= 11 is 0. The molecular weight excluding hydrogens is 208 g/mol. The van der Waals surface area contributed by atoms with Crippen molar-refractivity contribution in [2.45, 2.75) is 6.42 Å². The van der Waals surface area contributed by atoms with Crippen molar-refractivity contribution in [3.05, 3.63) is 69.9 Å². The van der Waals surface area contributed by atoms with E-state index in [1.165, 1.54) is 11.1 Å². The average molecular weight is 218 g/mol. The van der Waals surface area contributed by atoms with Crippen LogP contribution in [0.4, 0.5) is 0 Å². The molecule has 0 heterocycles. The number of fused-ring (bicyclic) bond motifs is 5. The molecule has 0 atom stereocenters. The van der Waals surface area contributed by atoms with Gasteiger partial charge in [-0.15, -0.1) is 0 Å². The third-order valence-corrected chi connectivity index (χ3v) is 3.59. The van der Waals surface area contributed by atoms with Gasteiger partial charge in [-0.1, -0.05) is 48.5 Å². The van der Waals surface area contributed by atoms with Crippen molar-refractivity contribution in [3.8, 4) is 0 Å². The van der Waals surface area contributed by atoms with E-state index in [4.69, 9.17) is 0 Å². The lowest BCUT2D eigenvalue weighted by Gasteiger charge is -1.92. The fourth-order valence-electron chi connectivity index (χ4n) is 2.68. The van der Waals surface area contributed by atoms with Crippen LogP contribution in [0.3, 0.4) is 0 Å². The van der Waals surface area contributed by atoms with Gasteiger partial charge in [0.2, 0.25) is 0 Å². The summed E-state index contributed by atoms with van der Waals surface area (Å²) in [6.45, 7) is 0. The fraction of sp³-hybridized carbons (Fsp3) is 0.0625. The Morgan fingerprint density at radius 2 is 1.06 bits per heavy atom. The fourth-order valence-corrected chi connectivity index (χ4v) is 2.68. The minimum absolute atomic E-state index is 0.156. The van der Waals surface area contributed by atoms with Crippen LogP contribution in [0.1, 0.15) is 11.1 Å². The second-order valence-electron chi connectivity index (χ2n) is 4.55. The summed E-state index contributed by atoms with van der Waals surface area (Å²) in [7, 11) is 0. The maximum Gasteiger partial charge on any atom is 0.194 e. The Morgan fingerprint density at radius 1 is 0.647 bits per heavy atom. The molecule has 1 aliphatic rings. The molecule has 0 saturated carbocycles. The molecule has 0 amide bonds. The molecule has 0 N–H and O–H groups in total. The molecule has 0 radical (unpaired) electrons. The van der Waals surface area contributed by atoms with Gasteiger partial charge in [0.1, 0.15) is 0 Å². The first kappa shape index (κ1) is 8.94. The molecule has 1 nitrogen and oxygen atoms in total. The van der Waals surface area contributed by atoms with Crippen molar-refractivity contribution in [2.75, 3.05) is 0 Å². The lowest BCUT2D eigenvalue weighted by atomic mass is 10.1. The summed E-state index contributed by atoms with van der Waals surface area (Å²) in [5.74, 6) is 0. The molecule has 3 aromatic carbocycles. The predicted octanol–water partition coefficient (Wildman–Crippen LogP) is 3.26. The summed E-state index contributed by atoms with van der Waals surface area (Å²) in [5.41, 5.74) is 2.85. The summed E-state index contributed by atoms with van der Waals surface area (Å²) in [6.07, 6.45) is 1.03. The summed E-state index contributed by atoms with van der Waals surface area (Å²) in [5, 5.41) is 3.96. The number of benzene rings is 2. The van der Waals surface area contributed by atoms with E-state index in [0.29, 0.717) is 0 Å². The highest BCUT2D eigenvalue weighted by Gasteiger charge is 2.23. The van der Waals surface area contributed by atoms with Gasteiger partial charge in [-0.3, -0.25) is 4.79 Å². The van der Waals surface area contributed by atoms with Gasteiger partial charge in [0.25, 0.3) is 0 Å². The zero-order valence-corrected chi connectivity index (χ0v) is 9.23. The maximum absolute atomic E-state index is 12.5. The minimum Gasteiger partial charge on any atom is -0.289 e. The second kappa shape index (κ2) is 2.95. The van der Waals surface area contributed by atoms with Crippen LogP contribution < -0.4 is 5.43 Å². The molecule has 3 aromatic rings. The molecule has 0 fully saturated rings. The zero-order valence-electron chi connectivity index (χ0n) is 9.23. The first-order valence-corrected chi connectivity index (χ1v) is 5.82. The Hall–Kier alpha value is -2.15. The normalized spacial score (nSPS) is 12.7. The van der Waals surface area contributed by atoms with E-state index in [0.717, 1.165) is 28.0 Å². The molecule has 1 heteroatoms. The van der Waals surface area contributed by atoms with Crippen molar-refractivity contribution in [1.82, 2.24) is 0 Å². The highest BCUT2D eigenvalue weighted by Crippen LogP contribution is 2.37. The second-order valence-corrected chi connectivity index (χ2v) is 4.55. The Labute approximate surface area is 98.3 Å². The van der Waals surface area contributed by atoms with E-state index in [2.05, 4.69) is 12.1 Å². The van der Waals surface area contributed by atoms with E-state index in [9.17, 15) is 4.79 Å². The SMILES string of the molecule is O=c1c2ccccc2c2c(c3ccccc13)C2. The van der Waals surface area contributed by atoms with E-state index < -0.39 is 0 Å². The molecule has 0 unspecified atom stereocenters. The number of rotatable bonds is 0. The molecular formula is C16H10O. The zero-order chi connectivity index (χ0) is 11.4. The van der Waals surface area contributed by atoms with Crippen LogP contribution in [0.15, 0.2) is 53.3 Å². The van der Waals surface area contributed by atoms with Crippen LogP contribution in [0, 0.1) is 0 Å². The number of hydrogen-bond acceptors (Lipinski definition) is 1. The summed E-state index contributed by atoms with van der Waals surface area (Å²) < 4.78 is 0. The average Bonchev–Trinajstić information content (AvgIpc) is 3.18. The van der Waals surface area contributed by atoms with E-state index in [1.807, 2.05) is 36.4 Å². The van der Waals surface area contributed by atoms with Crippen molar-refractivity contribution >= 4 is 21.5 Å². The Morgan fingerprint density at radius 3 is 1.53 bits per heavy atom. The van der Waals surface area contributed by atoms with Crippen LogP contribution >= 0.6 is 0 Å². The predicted molar refractivity (Wildman–Crippen MR) is 70.5 cm³/mol. The Bertz CT molecular complexity index is 764. The molecule has 0 saturated heterocycles. The van der Waals surface area contributed by atoms with Crippen LogP contribution in [0.2, 0.25) is 0 Å². The van der Waals surface area contributed by atoms with E-state index in [-0.39, 0.29) is 5.43 Å². The number of hydrogen-bond donors (Lipinski definition) is 0. The van der Waals surface area contributed by atoms with Gasteiger partial charge in [-0.2, -0.15) is 0 Å². The van der Waals surface area contributed by atoms with Gasteiger partial charge in [-0.25, -0.2) is 0 Å². The first-order chi connectivity index (χ1) is 8.36. The minimum atomic E-state index is 0.156. The molecule has 0 spiro atoms. The van der Waals surface area contributed by atoms with Gasteiger partial charge in [0.15, 0.2) is 5.43 Å².